The van der Waals surface area contributed by atoms with Gasteiger partial charge in [-0.15, -0.1) is 0 Å². The van der Waals surface area contributed by atoms with Gasteiger partial charge in [-0.25, -0.2) is 18.5 Å². The van der Waals surface area contributed by atoms with Crippen LogP contribution in [0.3, 0.4) is 0 Å². The SMILES string of the molecule is CNCc1cc(-c2ncco2)ccc1-c1cc(C)c(C)c(-c2ccon2)c1S(N)(=O)=O. The maximum atomic E-state index is 12.8. The molecule has 0 radical (unpaired) electrons. The summed E-state index contributed by atoms with van der Waals surface area (Å²) < 4.78 is 36.0. The number of nitrogens with two attached hydrogens (primary N) is 1. The van der Waals surface area contributed by atoms with Gasteiger partial charge in [0.25, 0.3) is 0 Å². The normalized spacial score (nSPS) is 11.7. The van der Waals surface area contributed by atoms with Crippen LogP contribution in [0.15, 0.2) is 62.9 Å². The molecule has 9 heteroatoms. The van der Waals surface area contributed by atoms with Crippen molar-refractivity contribution < 1.29 is 17.4 Å². The van der Waals surface area contributed by atoms with Crippen LogP contribution in [0, 0.1) is 13.8 Å². The van der Waals surface area contributed by atoms with Gasteiger partial charge in [-0.2, -0.15) is 0 Å². The highest BCUT2D eigenvalue weighted by molar-refractivity contribution is 7.89. The summed E-state index contributed by atoms with van der Waals surface area (Å²) >= 11 is 0. The lowest BCUT2D eigenvalue weighted by Gasteiger charge is -2.19. The predicted octanol–water partition coefficient (Wildman–Crippen LogP) is 3.65. The molecule has 0 aliphatic heterocycles. The Morgan fingerprint density at radius 3 is 2.52 bits per heavy atom. The molecule has 0 bridgehead atoms. The number of oxazole rings is 1. The molecule has 0 saturated heterocycles. The summed E-state index contributed by atoms with van der Waals surface area (Å²) in [6.45, 7) is 4.27. The molecule has 2 heterocycles. The third-order valence-corrected chi connectivity index (χ3v) is 6.21. The van der Waals surface area contributed by atoms with Gasteiger partial charge in [0.15, 0.2) is 0 Å². The summed E-state index contributed by atoms with van der Waals surface area (Å²) in [7, 11) is -2.27. The molecule has 0 saturated carbocycles. The Kier molecular flexibility index (Phi) is 5.48. The summed E-state index contributed by atoms with van der Waals surface area (Å²) in [6, 6.07) is 9.10. The Balaban J connectivity index is 2.05. The van der Waals surface area contributed by atoms with Gasteiger partial charge in [0.2, 0.25) is 15.9 Å². The first kappa shape index (κ1) is 21.0. The van der Waals surface area contributed by atoms with Gasteiger partial charge in [-0.1, -0.05) is 11.2 Å². The lowest BCUT2D eigenvalue weighted by atomic mass is 9.91. The molecule has 0 amide bonds. The number of benzene rings is 2. The minimum absolute atomic E-state index is 0.0192. The van der Waals surface area contributed by atoms with Crippen molar-refractivity contribution in [1.82, 2.24) is 15.5 Å². The standard InChI is InChI=1S/C22H22N4O4S/c1-13-10-18(21(31(23,27)28)20(14(13)2)19-6-8-30-26-19)17-5-4-15(11-16(17)12-24-3)22-25-7-9-29-22/h4-11,24H,12H2,1-3H3,(H2,23,27,28). The van der Waals surface area contributed by atoms with Crippen LogP contribution >= 0.6 is 0 Å². The number of aromatic nitrogens is 2. The summed E-state index contributed by atoms with van der Waals surface area (Å²) in [4.78, 5) is 4.22. The Hall–Kier alpha value is -3.27. The molecule has 2 aromatic heterocycles. The summed E-state index contributed by atoms with van der Waals surface area (Å²) in [6.07, 6.45) is 4.49. The smallest absolute Gasteiger partial charge is 0.239 e. The molecular formula is C22H22N4O4S. The van der Waals surface area contributed by atoms with E-state index in [9.17, 15) is 8.42 Å². The topological polar surface area (TPSA) is 124 Å². The van der Waals surface area contributed by atoms with Gasteiger partial charge in [-0.05, 0) is 61.3 Å². The van der Waals surface area contributed by atoms with Crippen molar-refractivity contribution in [2.45, 2.75) is 25.3 Å². The minimum Gasteiger partial charge on any atom is -0.445 e. The van der Waals surface area contributed by atoms with Crippen LogP contribution in [0.1, 0.15) is 16.7 Å². The van der Waals surface area contributed by atoms with E-state index in [0.717, 1.165) is 27.8 Å². The Morgan fingerprint density at radius 2 is 1.90 bits per heavy atom. The fourth-order valence-corrected chi connectivity index (χ4v) is 4.75. The molecule has 2 aromatic carbocycles. The predicted molar refractivity (Wildman–Crippen MR) is 116 cm³/mol. The average molecular weight is 439 g/mol. The van der Waals surface area contributed by atoms with E-state index in [1.165, 1.54) is 12.5 Å². The number of hydrogen-bond acceptors (Lipinski definition) is 7. The van der Waals surface area contributed by atoms with Crippen molar-refractivity contribution in [3.8, 4) is 33.8 Å². The number of nitrogens with zero attached hydrogens (tertiary/aromatic N) is 2. The van der Waals surface area contributed by atoms with Crippen LogP contribution in [-0.2, 0) is 16.6 Å². The van der Waals surface area contributed by atoms with Gasteiger partial charge < -0.3 is 14.3 Å². The van der Waals surface area contributed by atoms with Crippen LogP contribution in [-0.4, -0.2) is 25.6 Å². The van der Waals surface area contributed by atoms with Crippen molar-refractivity contribution in [1.29, 1.82) is 0 Å². The lowest BCUT2D eigenvalue weighted by Crippen LogP contribution is -2.17. The summed E-state index contributed by atoms with van der Waals surface area (Å²) in [5.74, 6) is 0.485. The third-order valence-electron chi connectivity index (χ3n) is 5.22. The molecule has 160 valence electrons. The van der Waals surface area contributed by atoms with E-state index in [2.05, 4.69) is 15.5 Å². The third kappa shape index (κ3) is 3.90. The number of aryl methyl sites for hydroxylation is 1. The van der Waals surface area contributed by atoms with E-state index in [1.807, 2.05) is 45.2 Å². The molecule has 31 heavy (non-hydrogen) atoms. The van der Waals surface area contributed by atoms with Gasteiger partial charge in [-0.3, -0.25) is 0 Å². The quantitative estimate of drug-likeness (QED) is 0.471. The van der Waals surface area contributed by atoms with Crippen LogP contribution in [0.2, 0.25) is 0 Å². The van der Waals surface area contributed by atoms with E-state index in [1.54, 1.807) is 12.3 Å². The van der Waals surface area contributed by atoms with Crippen LogP contribution in [0.5, 0.6) is 0 Å². The van der Waals surface area contributed by atoms with E-state index < -0.39 is 10.0 Å². The first-order valence-corrected chi connectivity index (χ1v) is 11.1. The number of rotatable bonds is 6. The average Bonchev–Trinajstić information content (AvgIpc) is 3.43. The molecule has 3 N–H and O–H groups in total. The number of nitrogens with one attached hydrogen (secondary N) is 1. The molecule has 0 fully saturated rings. The van der Waals surface area contributed by atoms with Gasteiger partial charge in [0, 0.05) is 29.3 Å². The Labute approximate surface area is 180 Å². The zero-order valence-corrected chi connectivity index (χ0v) is 18.2. The molecule has 0 unspecified atom stereocenters. The fourth-order valence-electron chi connectivity index (χ4n) is 3.73. The fraction of sp³-hybridized carbons (Fsp3) is 0.182. The zero-order valence-electron chi connectivity index (χ0n) is 17.3. The van der Waals surface area contributed by atoms with Gasteiger partial charge in [0.1, 0.15) is 18.2 Å². The molecule has 0 spiro atoms. The van der Waals surface area contributed by atoms with Crippen molar-refractivity contribution in [2.75, 3.05) is 7.05 Å². The second-order valence-corrected chi connectivity index (χ2v) is 8.74. The van der Waals surface area contributed by atoms with Crippen molar-refractivity contribution in [3.05, 3.63) is 65.7 Å². The maximum Gasteiger partial charge on any atom is 0.239 e. The number of hydrogen-bond donors (Lipinski definition) is 2. The molecule has 4 rings (SSSR count). The monoisotopic (exact) mass is 438 g/mol. The maximum absolute atomic E-state index is 12.8. The zero-order chi connectivity index (χ0) is 22.2. The van der Waals surface area contributed by atoms with Crippen LogP contribution in [0.25, 0.3) is 33.8 Å². The van der Waals surface area contributed by atoms with E-state index in [4.69, 9.17) is 14.1 Å². The largest absolute Gasteiger partial charge is 0.445 e. The lowest BCUT2D eigenvalue weighted by molar-refractivity contribution is 0.422. The Morgan fingerprint density at radius 1 is 1.10 bits per heavy atom. The van der Waals surface area contributed by atoms with Crippen molar-refractivity contribution in [3.63, 3.8) is 0 Å². The second kappa shape index (κ2) is 8.10. The molecule has 0 aliphatic carbocycles. The van der Waals surface area contributed by atoms with Crippen molar-refractivity contribution >= 4 is 10.0 Å². The van der Waals surface area contributed by atoms with E-state index in [-0.39, 0.29) is 4.90 Å². The highest BCUT2D eigenvalue weighted by atomic mass is 32.2. The first-order chi connectivity index (χ1) is 14.8. The first-order valence-electron chi connectivity index (χ1n) is 9.56. The van der Waals surface area contributed by atoms with E-state index in [0.29, 0.717) is 29.3 Å². The van der Waals surface area contributed by atoms with Gasteiger partial charge in [0.05, 0.1) is 11.1 Å². The highest BCUT2D eigenvalue weighted by Crippen LogP contribution is 2.40. The molecular weight excluding hydrogens is 416 g/mol. The number of primary sulfonamides is 1. The molecule has 8 nitrogen and oxygen atoms in total. The Bertz CT molecular complexity index is 1330. The van der Waals surface area contributed by atoms with E-state index >= 15 is 0 Å². The molecule has 0 atom stereocenters. The molecule has 4 aromatic rings. The van der Waals surface area contributed by atoms with Crippen molar-refractivity contribution in [2.24, 2.45) is 5.14 Å². The van der Waals surface area contributed by atoms with Crippen LogP contribution in [0.4, 0.5) is 0 Å². The summed E-state index contributed by atoms with van der Waals surface area (Å²) in [5, 5.41) is 12.8. The van der Waals surface area contributed by atoms with Crippen LogP contribution < -0.4 is 10.5 Å². The summed E-state index contributed by atoms with van der Waals surface area (Å²) in [5.41, 5.74) is 5.45. The van der Waals surface area contributed by atoms with Gasteiger partial charge >= 0.3 is 0 Å². The second-order valence-electron chi connectivity index (χ2n) is 7.24. The molecule has 0 aliphatic rings. The number of sulfonamides is 1. The highest BCUT2D eigenvalue weighted by Gasteiger charge is 2.27. The minimum atomic E-state index is -4.10.